The molecule has 1 aromatic heterocycles. The van der Waals surface area contributed by atoms with Gasteiger partial charge >= 0.3 is 0 Å². The summed E-state index contributed by atoms with van der Waals surface area (Å²) in [4.78, 5) is 4.06. The number of hydrogen-bond acceptors (Lipinski definition) is 2. The molecule has 0 radical (unpaired) electrons. The van der Waals surface area contributed by atoms with Gasteiger partial charge in [-0.2, -0.15) is 0 Å². The molecule has 0 fully saturated rings. The van der Waals surface area contributed by atoms with E-state index in [4.69, 9.17) is 4.74 Å². The lowest BCUT2D eigenvalue weighted by Gasteiger charge is -2.05. The molecule has 0 saturated carbocycles. The normalized spacial score (nSPS) is 10.2. The summed E-state index contributed by atoms with van der Waals surface area (Å²) in [5.41, 5.74) is 0.551. The van der Waals surface area contributed by atoms with Crippen LogP contribution in [-0.4, -0.2) is 4.98 Å². The first-order valence-electron chi connectivity index (χ1n) is 4.71. The number of aryl methyl sites for hydroxylation is 1. The van der Waals surface area contributed by atoms with Crippen molar-refractivity contribution in [3.05, 3.63) is 52.4 Å². The number of rotatable bonds is 2. The summed E-state index contributed by atoms with van der Waals surface area (Å²) in [6.45, 7) is 1.69. The van der Waals surface area contributed by atoms with Gasteiger partial charge in [-0.25, -0.2) is 9.37 Å². The predicted molar refractivity (Wildman–Crippen MR) is 63.1 cm³/mol. The van der Waals surface area contributed by atoms with Gasteiger partial charge < -0.3 is 4.74 Å². The van der Waals surface area contributed by atoms with Gasteiger partial charge in [0.1, 0.15) is 11.6 Å². The Hall–Kier alpha value is -1.42. The molecule has 4 heteroatoms. The van der Waals surface area contributed by atoms with E-state index in [1.54, 1.807) is 31.3 Å². The quantitative estimate of drug-likeness (QED) is 0.827. The van der Waals surface area contributed by atoms with Crippen molar-refractivity contribution in [2.24, 2.45) is 0 Å². The third-order valence-corrected chi connectivity index (χ3v) is 2.52. The number of nitrogens with zero attached hydrogens (tertiary/aromatic N) is 1. The first-order valence-corrected chi connectivity index (χ1v) is 5.50. The fraction of sp³-hybridized carbons (Fsp3) is 0.0833. The van der Waals surface area contributed by atoms with Crippen LogP contribution in [-0.2, 0) is 0 Å². The van der Waals surface area contributed by atoms with Crippen LogP contribution in [0.4, 0.5) is 4.39 Å². The molecule has 82 valence electrons. The minimum Gasteiger partial charge on any atom is -0.439 e. The van der Waals surface area contributed by atoms with Crippen molar-refractivity contribution in [1.29, 1.82) is 0 Å². The van der Waals surface area contributed by atoms with E-state index in [2.05, 4.69) is 20.9 Å². The zero-order valence-electron chi connectivity index (χ0n) is 8.58. The van der Waals surface area contributed by atoms with Crippen molar-refractivity contribution in [3.63, 3.8) is 0 Å². The van der Waals surface area contributed by atoms with Crippen LogP contribution in [0.3, 0.4) is 0 Å². The van der Waals surface area contributed by atoms with Crippen molar-refractivity contribution < 1.29 is 9.13 Å². The molecule has 0 N–H and O–H groups in total. The Morgan fingerprint density at radius 3 is 2.69 bits per heavy atom. The Bertz CT molecular complexity index is 499. The maximum atomic E-state index is 13.0. The monoisotopic (exact) mass is 281 g/mol. The van der Waals surface area contributed by atoms with Crippen LogP contribution >= 0.6 is 15.9 Å². The van der Waals surface area contributed by atoms with Gasteiger partial charge in [0.25, 0.3) is 0 Å². The van der Waals surface area contributed by atoms with Crippen molar-refractivity contribution >= 4 is 15.9 Å². The Morgan fingerprint density at radius 2 is 2.06 bits per heavy atom. The molecule has 0 spiro atoms. The highest BCUT2D eigenvalue weighted by atomic mass is 79.9. The Kier molecular flexibility index (Phi) is 3.19. The molecule has 2 rings (SSSR count). The SMILES string of the molecule is Cc1cc(Oc2ccc(Br)cn2)ccc1F. The highest BCUT2D eigenvalue weighted by Crippen LogP contribution is 2.22. The van der Waals surface area contributed by atoms with Gasteiger partial charge in [0.2, 0.25) is 5.88 Å². The van der Waals surface area contributed by atoms with Gasteiger partial charge in [-0.3, -0.25) is 0 Å². The molecule has 0 unspecified atom stereocenters. The highest BCUT2D eigenvalue weighted by molar-refractivity contribution is 9.10. The van der Waals surface area contributed by atoms with Gasteiger partial charge in [-0.1, -0.05) is 0 Å². The minimum absolute atomic E-state index is 0.240. The van der Waals surface area contributed by atoms with Crippen LogP contribution in [0.5, 0.6) is 11.6 Å². The molecule has 0 aliphatic carbocycles. The van der Waals surface area contributed by atoms with Crippen molar-refractivity contribution in [2.45, 2.75) is 6.92 Å². The van der Waals surface area contributed by atoms with E-state index < -0.39 is 0 Å². The molecule has 0 bridgehead atoms. The smallest absolute Gasteiger partial charge is 0.219 e. The summed E-state index contributed by atoms with van der Waals surface area (Å²) < 4.78 is 19.4. The predicted octanol–water partition coefficient (Wildman–Crippen LogP) is 4.08. The number of hydrogen-bond donors (Lipinski definition) is 0. The lowest BCUT2D eigenvalue weighted by molar-refractivity contribution is 0.460. The number of benzene rings is 1. The molecular formula is C12H9BrFNO. The lowest BCUT2D eigenvalue weighted by atomic mass is 10.2. The molecule has 2 nitrogen and oxygen atoms in total. The third kappa shape index (κ3) is 2.58. The molecule has 0 saturated heterocycles. The molecule has 1 aromatic carbocycles. The summed E-state index contributed by atoms with van der Waals surface area (Å²) in [7, 11) is 0. The molecular weight excluding hydrogens is 273 g/mol. The molecule has 0 atom stereocenters. The zero-order chi connectivity index (χ0) is 11.5. The average molecular weight is 282 g/mol. The summed E-state index contributed by atoms with van der Waals surface area (Å²) in [5.74, 6) is 0.819. The van der Waals surface area contributed by atoms with E-state index in [1.165, 1.54) is 6.07 Å². The number of halogens is 2. The fourth-order valence-electron chi connectivity index (χ4n) is 1.22. The lowest BCUT2D eigenvalue weighted by Crippen LogP contribution is -1.89. The second kappa shape index (κ2) is 4.61. The van der Waals surface area contributed by atoms with Crippen LogP contribution in [0.2, 0.25) is 0 Å². The Balaban J connectivity index is 2.20. The molecule has 0 aliphatic heterocycles. The molecule has 1 heterocycles. The minimum atomic E-state index is -0.240. The van der Waals surface area contributed by atoms with Crippen LogP contribution in [0.15, 0.2) is 41.0 Å². The highest BCUT2D eigenvalue weighted by Gasteiger charge is 2.02. The van der Waals surface area contributed by atoms with Gasteiger partial charge in [0, 0.05) is 16.7 Å². The maximum Gasteiger partial charge on any atom is 0.219 e. The van der Waals surface area contributed by atoms with Crippen molar-refractivity contribution in [1.82, 2.24) is 4.98 Å². The summed E-state index contributed by atoms with van der Waals surface area (Å²) in [6, 6.07) is 8.16. The Labute approximate surface area is 101 Å². The van der Waals surface area contributed by atoms with Crippen molar-refractivity contribution in [2.75, 3.05) is 0 Å². The summed E-state index contributed by atoms with van der Waals surface area (Å²) >= 11 is 3.28. The van der Waals surface area contributed by atoms with Gasteiger partial charge in [-0.15, -0.1) is 0 Å². The van der Waals surface area contributed by atoms with Crippen LogP contribution in [0, 0.1) is 12.7 Å². The van der Waals surface area contributed by atoms with Gasteiger partial charge in [0.15, 0.2) is 0 Å². The van der Waals surface area contributed by atoms with E-state index >= 15 is 0 Å². The number of pyridine rings is 1. The van der Waals surface area contributed by atoms with Crippen LogP contribution < -0.4 is 4.74 Å². The van der Waals surface area contributed by atoms with Crippen molar-refractivity contribution in [3.8, 4) is 11.6 Å². The largest absolute Gasteiger partial charge is 0.439 e. The third-order valence-electron chi connectivity index (χ3n) is 2.05. The molecule has 16 heavy (non-hydrogen) atoms. The molecule has 2 aromatic rings. The molecule has 0 aliphatic rings. The van der Waals surface area contributed by atoms with Gasteiger partial charge in [-0.05, 0) is 52.7 Å². The van der Waals surface area contributed by atoms with E-state index in [0.717, 1.165) is 4.47 Å². The first kappa shape index (κ1) is 11.1. The van der Waals surface area contributed by atoms with Crippen LogP contribution in [0.25, 0.3) is 0 Å². The Morgan fingerprint density at radius 1 is 1.25 bits per heavy atom. The number of ether oxygens (including phenoxy) is 1. The number of aromatic nitrogens is 1. The average Bonchev–Trinajstić information content (AvgIpc) is 2.27. The topological polar surface area (TPSA) is 22.1 Å². The summed E-state index contributed by atoms with van der Waals surface area (Å²) in [5, 5.41) is 0. The maximum absolute atomic E-state index is 13.0. The van der Waals surface area contributed by atoms with E-state index in [-0.39, 0.29) is 5.82 Å². The van der Waals surface area contributed by atoms with E-state index in [1.807, 2.05) is 6.07 Å². The first-order chi connectivity index (χ1) is 7.65. The standard InChI is InChI=1S/C12H9BrFNO/c1-8-6-10(3-4-11(8)14)16-12-5-2-9(13)7-15-12/h2-7H,1H3. The van der Waals surface area contributed by atoms with Crippen LogP contribution in [0.1, 0.15) is 5.56 Å². The zero-order valence-corrected chi connectivity index (χ0v) is 10.2. The summed E-state index contributed by atoms with van der Waals surface area (Å²) in [6.07, 6.45) is 1.64. The second-order valence-electron chi connectivity index (χ2n) is 3.33. The van der Waals surface area contributed by atoms with Gasteiger partial charge in [0.05, 0.1) is 0 Å². The molecule has 0 amide bonds. The second-order valence-corrected chi connectivity index (χ2v) is 4.24. The van der Waals surface area contributed by atoms with E-state index in [9.17, 15) is 4.39 Å². The fourth-order valence-corrected chi connectivity index (χ4v) is 1.46. The van der Waals surface area contributed by atoms with E-state index in [0.29, 0.717) is 17.2 Å².